The molecule has 0 aromatic heterocycles. The first-order valence-corrected chi connectivity index (χ1v) is 11.3. The van der Waals surface area contributed by atoms with Gasteiger partial charge < -0.3 is 0 Å². The van der Waals surface area contributed by atoms with E-state index in [4.69, 9.17) is 5.10 Å². The van der Waals surface area contributed by atoms with Crippen LogP contribution in [-0.4, -0.2) is 48.6 Å². The highest BCUT2D eigenvalue weighted by Gasteiger charge is 2.25. The molecule has 1 fully saturated rings. The third-order valence-corrected chi connectivity index (χ3v) is 6.12. The van der Waals surface area contributed by atoms with E-state index in [0.717, 1.165) is 31.7 Å². The number of nitrogens with zero attached hydrogens (tertiary/aromatic N) is 3. The van der Waals surface area contributed by atoms with Crippen LogP contribution < -0.4 is 0 Å². The first-order valence-electron chi connectivity index (χ1n) is 10.1. The van der Waals surface area contributed by atoms with Crippen molar-refractivity contribution in [2.75, 3.05) is 32.4 Å². The average Bonchev–Trinajstić information content (AvgIpc) is 2.80. The summed E-state index contributed by atoms with van der Waals surface area (Å²) >= 11 is 1.76. The molecule has 0 N–H and O–H groups in total. The fraction of sp³-hybridized carbons (Fsp3) is 0.240. The zero-order chi connectivity index (χ0) is 19.9. The Morgan fingerprint density at radius 2 is 1.31 bits per heavy atom. The van der Waals surface area contributed by atoms with E-state index in [1.54, 1.807) is 11.8 Å². The van der Waals surface area contributed by atoms with Gasteiger partial charge in [-0.25, -0.2) is 0 Å². The highest BCUT2D eigenvalue weighted by Crippen LogP contribution is 2.29. The Balaban J connectivity index is 1.43. The summed E-state index contributed by atoms with van der Waals surface area (Å²) < 4.78 is 0. The number of piperazine rings is 1. The van der Waals surface area contributed by atoms with E-state index in [1.165, 1.54) is 16.0 Å². The fourth-order valence-corrected chi connectivity index (χ4v) is 4.22. The molecule has 1 saturated heterocycles. The van der Waals surface area contributed by atoms with Crippen LogP contribution in [0.5, 0.6) is 0 Å². The first-order chi connectivity index (χ1) is 14.3. The van der Waals surface area contributed by atoms with Crippen molar-refractivity contribution in [2.24, 2.45) is 5.10 Å². The van der Waals surface area contributed by atoms with Gasteiger partial charge in [-0.1, -0.05) is 72.8 Å². The van der Waals surface area contributed by atoms with Crippen LogP contribution in [0.15, 0.2) is 94.9 Å². The first kappa shape index (κ1) is 19.7. The lowest BCUT2D eigenvalue weighted by atomic mass is 9.96. The van der Waals surface area contributed by atoms with E-state index in [-0.39, 0.29) is 0 Å². The lowest BCUT2D eigenvalue weighted by Crippen LogP contribution is -2.45. The Morgan fingerprint density at radius 3 is 1.83 bits per heavy atom. The summed E-state index contributed by atoms with van der Waals surface area (Å²) in [5.41, 5.74) is 3.85. The second-order valence-electron chi connectivity index (χ2n) is 7.23. The van der Waals surface area contributed by atoms with Crippen LogP contribution in [0.25, 0.3) is 0 Å². The van der Waals surface area contributed by atoms with Crippen LogP contribution >= 0.6 is 11.8 Å². The number of hydrazone groups is 1. The fourth-order valence-electron chi connectivity index (χ4n) is 3.81. The molecule has 0 aliphatic carbocycles. The highest BCUT2D eigenvalue weighted by atomic mass is 32.2. The smallest absolute Gasteiger partial charge is 0.0603 e. The highest BCUT2D eigenvalue weighted by molar-refractivity contribution is 7.98. The van der Waals surface area contributed by atoms with Crippen LogP contribution in [-0.2, 0) is 0 Å². The second-order valence-corrected chi connectivity index (χ2v) is 8.11. The van der Waals surface area contributed by atoms with Crippen molar-refractivity contribution in [1.82, 2.24) is 9.91 Å². The molecule has 29 heavy (non-hydrogen) atoms. The molecule has 3 aromatic carbocycles. The van der Waals surface area contributed by atoms with Gasteiger partial charge in [0.05, 0.1) is 12.3 Å². The Kier molecular flexibility index (Phi) is 6.65. The van der Waals surface area contributed by atoms with Gasteiger partial charge in [-0.2, -0.15) is 5.10 Å². The minimum absolute atomic E-state index is 0.294. The summed E-state index contributed by atoms with van der Waals surface area (Å²) in [6, 6.07) is 30.5. The molecule has 148 valence electrons. The van der Waals surface area contributed by atoms with Crippen molar-refractivity contribution in [1.29, 1.82) is 0 Å². The maximum absolute atomic E-state index is 4.72. The SMILES string of the molecule is CSc1ccc(C=NN2CCN(C(c3ccccc3)c3ccccc3)CC2)cc1. The number of rotatable bonds is 6. The Labute approximate surface area is 178 Å². The molecule has 0 spiro atoms. The van der Waals surface area contributed by atoms with E-state index in [0.29, 0.717) is 6.04 Å². The molecule has 0 atom stereocenters. The van der Waals surface area contributed by atoms with Crippen LogP contribution in [0, 0.1) is 0 Å². The lowest BCUT2D eigenvalue weighted by Gasteiger charge is -2.38. The molecule has 0 bridgehead atoms. The quantitative estimate of drug-likeness (QED) is 0.420. The van der Waals surface area contributed by atoms with Crippen molar-refractivity contribution in [2.45, 2.75) is 10.9 Å². The average molecular weight is 402 g/mol. The van der Waals surface area contributed by atoms with Crippen molar-refractivity contribution in [3.8, 4) is 0 Å². The van der Waals surface area contributed by atoms with Gasteiger partial charge in [0.25, 0.3) is 0 Å². The van der Waals surface area contributed by atoms with Gasteiger partial charge in [0.1, 0.15) is 0 Å². The third kappa shape index (κ3) is 5.08. The van der Waals surface area contributed by atoms with Gasteiger partial charge >= 0.3 is 0 Å². The molecule has 0 unspecified atom stereocenters. The Hall–Kier alpha value is -2.56. The molecule has 1 aliphatic rings. The molecule has 1 heterocycles. The summed E-state index contributed by atoms with van der Waals surface area (Å²) in [4.78, 5) is 3.85. The number of thioether (sulfide) groups is 1. The van der Waals surface area contributed by atoms with Gasteiger partial charge in [0, 0.05) is 31.1 Å². The largest absolute Gasteiger partial charge is 0.294 e. The second kappa shape index (κ2) is 9.77. The van der Waals surface area contributed by atoms with E-state index >= 15 is 0 Å². The van der Waals surface area contributed by atoms with Crippen LogP contribution in [0.2, 0.25) is 0 Å². The number of hydrogen-bond acceptors (Lipinski definition) is 4. The Bertz CT molecular complexity index is 862. The molecule has 4 heteroatoms. The van der Waals surface area contributed by atoms with Gasteiger partial charge in [0.15, 0.2) is 0 Å². The predicted molar refractivity (Wildman–Crippen MR) is 124 cm³/mol. The van der Waals surface area contributed by atoms with Crippen molar-refractivity contribution < 1.29 is 0 Å². The zero-order valence-electron chi connectivity index (χ0n) is 16.8. The molecule has 4 rings (SSSR count). The maximum Gasteiger partial charge on any atom is 0.0603 e. The molecule has 1 aliphatic heterocycles. The predicted octanol–water partition coefficient (Wildman–Crippen LogP) is 5.15. The van der Waals surface area contributed by atoms with Gasteiger partial charge in [-0.05, 0) is 35.1 Å². The van der Waals surface area contributed by atoms with Crippen molar-refractivity contribution in [3.05, 3.63) is 102 Å². The summed E-state index contributed by atoms with van der Waals surface area (Å²) in [6.07, 6.45) is 4.08. The van der Waals surface area contributed by atoms with Gasteiger partial charge in [-0.15, -0.1) is 11.8 Å². The number of benzene rings is 3. The van der Waals surface area contributed by atoms with Gasteiger partial charge in [0.2, 0.25) is 0 Å². The molecular formula is C25H27N3S. The van der Waals surface area contributed by atoms with E-state index in [9.17, 15) is 0 Å². The van der Waals surface area contributed by atoms with E-state index in [2.05, 4.69) is 101 Å². The van der Waals surface area contributed by atoms with Crippen molar-refractivity contribution >= 4 is 18.0 Å². The molecule has 0 amide bonds. The Morgan fingerprint density at radius 1 is 0.759 bits per heavy atom. The van der Waals surface area contributed by atoms with E-state index in [1.807, 2.05) is 6.21 Å². The zero-order valence-corrected chi connectivity index (χ0v) is 17.6. The van der Waals surface area contributed by atoms with Crippen LogP contribution in [0.1, 0.15) is 22.7 Å². The van der Waals surface area contributed by atoms with Gasteiger partial charge in [-0.3, -0.25) is 9.91 Å². The molecule has 3 nitrogen and oxygen atoms in total. The number of hydrogen-bond donors (Lipinski definition) is 0. The molecule has 0 saturated carbocycles. The standard InChI is InChI=1S/C25H27N3S/c1-29-24-14-12-21(13-15-24)20-26-28-18-16-27(17-19-28)25(22-8-4-2-5-9-22)23-10-6-3-7-11-23/h2-15,20,25H,16-19H2,1H3. The molecule has 3 aromatic rings. The topological polar surface area (TPSA) is 18.8 Å². The van der Waals surface area contributed by atoms with Crippen LogP contribution in [0.3, 0.4) is 0 Å². The normalized spacial score (nSPS) is 15.3. The molecular weight excluding hydrogens is 374 g/mol. The summed E-state index contributed by atoms with van der Waals surface area (Å²) in [7, 11) is 0. The molecule has 0 radical (unpaired) electrons. The summed E-state index contributed by atoms with van der Waals surface area (Å²) in [5, 5.41) is 6.91. The monoisotopic (exact) mass is 401 g/mol. The minimum atomic E-state index is 0.294. The maximum atomic E-state index is 4.72. The van der Waals surface area contributed by atoms with Crippen molar-refractivity contribution in [3.63, 3.8) is 0 Å². The minimum Gasteiger partial charge on any atom is -0.294 e. The summed E-state index contributed by atoms with van der Waals surface area (Å²) in [5.74, 6) is 0. The summed E-state index contributed by atoms with van der Waals surface area (Å²) in [6.45, 7) is 3.87. The van der Waals surface area contributed by atoms with Crippen LogP contribution in [0.4, 0.5) is 0 Å². The van der Waals surface area contributed by atoms with E-state index < -0.39 is 0 Å². The third-order valence-electron chi connectivity index (χ3n) is 5.37. The lowest BCUT2D eigenvalue weighted by molar-refractivity contribution is 0.113.